The molecule has 136 valence electrons. The zero-order valence-corrected chi connectivity index (χ0v) is 14.1. The molecule has 0 fully saturated rings. The van der Waals surface area contributed by atoms with Crippen LogP contribution in [0.15, 0.2) is 34.9 Å². The number of nitrogens with one attached hydrogen (secondary N) is 1. The van der Waals surface area contributed by atoms with Crippen LogP contribution < -0.4 is 15.0 Å². The predicted molar refractivity (Wildman–Crippen MR) is 89.7 cm³/mol. The highest BCUT2D eigenvalue weighted by molar-refractivity contribution is 5.98. The fraction of sp³-hybridized carbons (Fsp3) is 0.294. The number of anilines is 2. The fourth-order valence-corrected chi connectivity index (χ4v) is 2.42. The molecule has 26 heavy (non-hydrogen) atoms. The molecule has 1 aliphatic rings. The largest absolute Gasteiger partial charge is 0.482 e. The standard InChI is InChI=1S/C17H17N3O6/c1-11-8-14(19-26-11)18-15(21)9-25-17(23)6-7-20-12-4-2-3-5-13(12)24-10-16(20)22/h2-5,8H,6-7,9-10H2,1H3,(H,18,19,21). The van der Waals surface area contributed by atoms with Crippen molar-refractivity contribution in [2.45, 2.75) is 13.3 Å². The lowest BCUT2D eigenvalue weighted by molar-refractivity contribution is -0.147. The highest BCUT2D eigenvalue weighted by Crippen LogP contribution is 2.31. The molecule has 2 aromatic rings. The number of ether oxygens (including phenoxy) is 2. The molecule has 0 aliphatic carbocycles. The summed E-state index contributed by atoms with van der Waals surface area (Å²) in [6, 6.07) is 8.62. The van der Waals surface area contributed by atoms with Gasteiger partial charge in [0.1, 0.15) is 11.5 Å². The molecule has 2 heterocycles. The first-order valence-corrected chi connectivity index (χ1v) is 7.94. The summed E-state index contributed by atoms with van der Waals surface area (Å²) in [5.74, 6) is 0.0259. The van der Waals surface area contributed by atoms with Crippen LogP contribution in [0.3, 0.4) is 0 Å². The van der Waals surface area contributed by atoms with Gasteiger partial charge in [-0.2, -0.15) is 0 Å². The van der Waals surface area contributed by atoms with E-state index in [9.17, 15) is 14.4 Å². The molecule has 1 aromatic carbocycles. The number of aromatic nitrogens is 1. The molecule has 0 saturated heterocycles. The maximum atomic E-state index is 12.0. The van der Waals surface area contributed by atoms with Crippen molar-refractivity contribution in [1.29, 1.82) is 0 Å². The van der Waals surface area contributed by atoms with E-state index < -0.39 is 18.5 Å². The van der Waals surface area contributed by atoms with Crippen LogP contribution in [-0.2, 0) is 19.1 Å². The number of aryl methyl sites for hydroxylation is 1. The van der Waals surface area contributed by atoms with Gasteiger partial charge >= 0.3 is 5.97 Å². The molecule has 0 unspecified atom stereocenters. The van der Waals surface area contributed by atoms with E-state index in [1.54, 1.807) is 37.3 Å². The average molecular weight is 359 g/mol. The molecule has 0 radical (unpaired) electrons. The highest BCUT2D eigenvalue weighted by Gasteiger charge is 2.25. The van der Waals surface area contributed by atoms with E-state index in [2.05, 4.69) is 10.5 Å². The Morgan fingerprint density at radius 1 is 1.35 bits per heavy atom. The Bertz CT molecular complexity index is 831. The quantitative estimate of drug-likeness (QED) is 0.773. The third-order valence-corrected chi connectivity index (χ3v) is 3.61. The summed E-state index contributed by atoms with van der Waals surface area (Å²) in [7, 11) is 0. The SMILES string of the molecule is Cc1cc(NC(=O)COC(=O)CCN2C(=O)COc3ccccc32)no1. The molecule has 0 spiro atoms. The van der Waals surface area contributed by atoms with Crippen molar-refractivity contribution in [1.82, 2.24) is 5.16 Å². The van der Waals surface area contributed by atoms with Crippen LogP contribution in [0.5, 0.6) is 5.75 Å². The summed E-state index contributed by atoms with van der Waals surface area (Å²) < 4.78 is 15.1. The van der Waals surface area contributed by atoms with Crippen LogP contribution >= 0.6 is 0 Å². The Kier molecular flexibility index (Phi) is 5.16. The number of benzene rings is 1. The first-order valence-electron chi connectivity index (χ1n) is 7.94. The summed E-state index contributed by atoms with van der Waals surface area (Å²) in [5.41, 5.74) is 0.607. The number of hydrogen-bond acceptors (Lipinski definition) is 7. The molecule has 0 bridgehead atoms. The van der Waals surface area contributed by atoms with E-state index in [-0.39, 0.29) is 31.3 Å². The van der Waals surface area contributed by atoms with Crippen molar-refractivity contribution in [3.8, 4) is 5.75 Å². The number of para-hydroxylation sites is 2. The number of nitrogens with zero attached hydrogens (tertiary/aromatic N) is 2. The summed E-state index contributed by atoms with van der Waals surface area (Å²) in [4.78, 5) is 37.0. The van der Waals surface area contributed by atoms with Crippen LogP contribution in [0.1, 0.15) is 12.2 Å². The Morgan fingerprint density at radius 3 is 2.92 bits per heavy atom. The second-order valence-corrected chi connectivity index (χ2v) is 5.58. The van der Waals surface area contributed by atoms with E-state index in [1.807, 2.05) is 0 Å². The maximum Gasteiger partial charge on any atom is 0.308 e. The molecule has 0 atom stereocenters. The van der Waals surface area contributed by atoms with Gasteiger partial charge in [-0.3, -0.25) is 14.4 Å². The molecule has 0 saturated carbocycles. The van der Waals surface area contributed by atoms with Crippen LogP contribution in [0.25, 0.3) is 0 Å². The van der Waals surface area contributed by atoms with Gasteiger partial charge in [-0.05, 0) is 19.1 Å². The molecular weight excluding hydrogens is 342 g/mol. The van der Waals surface area contributed by atoms with Crippen LogP contribution in [0.2, 0.25) is 0 Å². The van der Waals surface area contributed by atoms with Crippen molar-refractivity contribution < 1.29 is 28.4 Å². The normalized spacial score (nSPS) is 13.0. The van der Waals surface area contributed by atoms with Crippen LogP contribution in [0, 0.1) is 6.92 Å². The Labute approximate surface area is 148 Å². The lowest BCUT2D eigenvalue weighted by atomic mass is 10.2. The van der Waals surface area contributed by atoms with Gasteiger partial charge in [-0.25, -0.2) is 0 Å². The Balaban J connectivity index is 1.47. The van der Waals surface area contributed by atoms with Gasteiger partial charge in [-0.1, -0.05) is 17.3 Å². The molecule has 3 rings (SSSR count). The third-order valence-electron chi connectivity index (χ3n) is 3.61. The second kappa shape index (κ2) is 7.68. The van der Waals surface area contributed by atoms with Crippen LogP contribution in [0.4, 0.5) is 11.5 Å². The number of esters is 1. The number of carbonyl (C=O) groups excluding carboxylic acids is 3. The zero-order chi connectivity index (χ0) is 18.5. The zero-order valence-electron chi connectivity index (χ0n) is 14.1. The molecular formula is C17H17N3O6. The summed E-state index contributed by atoms with van der Waals surface area (Å²) >= 11 is 0. The maximum absolute atomic E-state index is 12.0. The van der Waals surface area contributed by atoms with Crippen LogP contribution in [-0.4, -0.2) is 42.7 Å². The van der Waals surface area contributed by atoms with Crippen molar-refractivity contribution >= 4 is 29.3 Å². The lowest BCUT2D eigenvalue weighted by Gasteiger charge is -2.28. The van der Waals surface area contributed by atoms with Gasteiger partial charge in [-0.15, -0.1) is 0 Å². The minimum absolute atomic E-state index is 0.0452. The number of amides is 2. The highest BCUT2D eigenvalue weighted by atomic mass is 16.5. The van der Waals surface area contributed by atoms with E-state index in [1.165, 1.54) is 4.90 Å². The van der Waals surface area contributed by atoms with Crippen molar-refractivity contribution in [2.24, 2.45) is 0 Å². The lowest BCUT2D eigenvalue weighted by Crippen LogP contribution is -2.40. The molecule has 1 N–H and O–H groups in total. The van der Waals surface area contributed by atoms with Gasteiger partial charge < -0.3 is 24.2 Å². The van der Waals surface area contributed by atoms with Crippen molar-refractivity contribution in [3.63, 3.8) is 0 Å². The monoisotopic (exact) mass is 359 g/mol. The molecule has 9 nitrogen and oxygen atoms in total. The molecule has 2 amide bonds. The second-order valence-electron chi connectivity index (χ2n) is 5.58. The number of hydrogen-bond donors (Lipinski definition) is 1. The van der Waals surface area contributed by atoms with E-state index in [4.69, 9.17) is 14.0 Å². The summed E-state index contributed by atoms with van der Waals surface area (Å²) in [6.45, 7) is 1.31. The van der Waals surface area contributed by atoms with Crippen molar-refractivity contribution in [3.05, 3.63) is 36.1 Å². The smallest absolute Gasteiger partial charge is 0.308 e. The minimum atomic E-state index is -0.590. The van der Waals surface area contributed by atoms with Crippen molar-refractivity contribution in [2.75, 3.05) is 30.0 Å². The minimum Gasteiger partial charge on any atom is -0.482 e. The fourth-order valence-electron chi connectivity index (χ4n) is 2.42. The summed E-state index contributed by atoms with van der Waals surface area (Å²) in [5, 5.41) is 6.05. The molecule has 1 aliphatic heterocycles. The number of fused-ring (bicyclic) bond motifs is 1. The Morgan fingerprint density at radius 2 is 2.15 bits per heavy atom. The number of carbonyl (C=O) groups is 3. The first kappa shape index (κ1) is 17.5. The van der Waals surface area contributed by atoms with E-state index in [0.717, 1.165) is 0 Å². The number of rotatable bonds is 6. The first-order chi connectivity index (χ1) is 12.5. The van der Waals surface area contributed by atoms with Gasteiger partial charge in [0.05, 0.1) is 12.1 Å². The topological polar surface area (TPSA) is 111 Å². The average Bonchev–Trinajstić information content (AvgIpc) is 3.03. The summed E-state index contributed by atoms with van der Waals surface area (Å²) in [6.07, 6.45) is -0.0452. The Hall–Kier alpha value is -3.36. The van der Waals surface area contributed by atoms with E-state index in [0.29, 0.717) is 17.2 Å². The van der Waals surface area contributed by atoms with Gasteiger partial charge in [0.25, 0.3) is 11.8 Å². The molecule has 1 aromatic heterocycles. The third kappa shape index (κ3) is 4.18. The predicted octanol–water partition coefficient (Wildman–Crippen LogP) is 1.28. The van der Waals surface area contributed by atoms with Gasteiger partial charge in [0.2, 0.25) is 0 Å². The van der Waals surface area contributed by atoms with E-state index >= 15 is 0 Å². The molecule has 9 heteroatoms. The van der Waals surface area contributed by atoms with Gasteiger partial charge in [0.15, 0.2) is 19.0 Å². The van der Waals surface area contributed by atoms with Gasteiger partial charge in [0, 0.05) is 12.6 Å².